The lowest BCUT2D eigenvalue weighted by molar-refractivity contribution is 0.583. The van der Waals surface area contributed by atoms with Crippen molar-refractivity contribution in [1.82, 2.24) is 14.9 Å². The van der Waals surface area contributed by atoms with Crippen molar-refractivity contribution in [2.45, 2.75) is 25.7 Å². The van der Waals surface area contributed by atoms with E-state index in [1.165, 1.54) is 0 Å². The second kappa shape index (κ2) is 5.74. The first-order valence-electron chi connectivity index (χ1n) is 5.24. The van der Waals surface area contributed by atoms with Crippen LogP contribution in [0.4, 0.5) is 0 Å². The molecule has 2 N–H and O–H groups in total. The maximum absolute atomic E-state index is 11.9. The molecule has 0 radical (unpaired) electrons. The molecule has 1 aromatic heterocycles. The van der Waals surface area contributed by atoms with Gasteiger partial charge in [-0.3, -0.25) is 9.31 Å². The van der Waals surface area contributed by atoms with E-state index >= 15 is 0 Å². The number of aryl methyl sites for hydroxylation is 2. The predicted octanol–water partition coefficient (Wildman–Crippen LogP) is 0.0734. The van der Waals surface area contributed by atoms with Crippen molar-refractivity contribution in [3.63, 3.8) is 0 Å². The normalized spacial score (nSPS) is 13.8. The Hall–Kier alpha value is -0.730. The quantitative estimate of drug-likeness (QED) is 0.771. The summed E-state index contributed by atoms with van der Waals surface area (Å²) >= 11 is 0. The van der Waals surface area contributed by atoms with Crippen LogP contribution in [0.1, 0.15) is 18.3 Å². The molecule has 98 valence electrons. The van der Waals surface area contributed by atoms with Gasteiger partial charge in [0.15, 0.2) is 0 Å². The summed E-state index contributed by atoms with van der Waals surface area (Å²) < 4.78 is 37.5. The predicted molar refractivity (Wildman–Crippen MR) is 66.8 cm³/mol. The first kappa shape index (κ1) is 14.3. The van der Waals surface area contributed by atoms with Gasteiger partial charge < -0.3 is 0 Å². The summed E-state index contributed by atoms with van der Waals surface area (Å²) in [7, 11) is -4.53. The molecule has 0 aliphatic rings. The zero-order valence-corrected chi connectivity index (χ0v) is 11.7. The minimum Gasteiger partial charge on any atom is -0.281 e. The van der Waals surface area contributed by atoms with Crippen LogP contribution in [-0.2, 0) is 20.8 Å². The lowest BCUT2D eigenvalue weighted by Crippen LogP contribution is -2.28. The Morgan fingerprint density at radius 2 is 2.06 bits per heavy atom. The number of nitrogens with zero attached hydrogens (tertiary/aromatic N) is 1. The van der Waals surface area contributed by atoms with Gasteiger partial charge >= 0.3 is 0 Å². The topological polar surface area (TPSA) is 91.9 Å². The molecule has 17 heavy (non-hydrogen) atoms. The molecule has 0 aromatic carbocycles. The third-order valence-corrected chi connectivity index (χ3v) is 5.30. The number of aromatic nitrogens is 2. The lowest BCUT2D eigenvalue weighted by Gasteiger charge is -2.06. The van der Waals surface area contributed by atoms with Crippen LogP contribution >= 0.6 is 0 Å². The highest BCUT2D eigenvalue weighted by molar-refractivity contribution is 7.89. The first-order chi connectivity index (χ1) is 7.88. The van der Waals surface area contributed by atoms with E-state index in [2.05, 4.69) is 14.9 Å². The summed E-state index contributed by atoms with van der Waals surface area (Å²) in [5.41, 5.74) is 0.943. The molecule has 0 bridgehead atoms. The van der Waals surface area contributed by atoms with E-state index in [0.29, 0.717) is 22.9 Å². The standard InChI is InChI=1S/C9H17N3O3S2/c1-4-16(13)6-5-10-17(14,15)9-7(2)11-12-8(9)3/h10H,4-6H2,1-3H3,(H,11,12). The van der Waals surface area contributed by atoms with E-state index in [1.54, 1.807) is 20.8 Å². The number of sulfonamides is 1. The molecular weight excluding hydrogens is 262 g/mol. The highest BCUT2D eigenvalue weighted by atomic mass is 32.2. The van der Waals surface area contributed by atoms with E-state index < -0.39 is 20.8 Å². The molecule has 1 aromatic rings. The molecule has 6 nitrogen and oxygen atoms in total. The maximum Gasteiger partial charge on any atom is 0.244 e. The molecule has 0 aliphatic carbocycles. The fourth-order valence-corrected chi connectivity index (χ4v) is 3.59. The maximum atomic E-state index is 11.9. The van der Waals surface area contributed by atoms with Crippen LogP contribution in [-0.4, -0.2) is 40.9 Å². The number of hydrogen-bond donors (Lipinski definition) is 2. The van der Waals surface area contributed by atoms with Crippen molar-refractivity contribution in [2.75, 3.05) is 18.1 Å². The number of nitrogens with one attached hydrogen (secondary N) is 2. The summed E-state index contributed by atoms with van der Waals surface area (Å²) in [6.07, 6.45) is 0. The molecular formula is C9H17N3O3S2. The van der Waals surface area contributed by atoms with Crippen molar-refractivity contribution in [2.24, 2.45) is 0 Å². The molecule has 1 rings (SSSR count). The SMILES string of the molecule is CCS(=O)CCNS(=O)(=O)c1c(C)n[nH]c1C. The van der Waals surface area contributed by atoms with Crippen molar-refractivity contribution in [3.8, 4) is 0 Å². The summed E-state index contributed by atoms with van der Waals surface area (Å²) in [5, 5.41) is 6.46. The van der Waals surface area contributed by atoms with E-state index in [0.717, 1.165) is 0 Å². The van der Waals surface area contributed by atoms with Crippen LogP contribution in [0, 0.1) is 13.8 Å². The van der Waals surface area contributed by atoms with E-state index in [9.17, 15) is 12.6 Å². The van der Waals surface area contributed by atoms with Crippen LogP contribution in [0.2, 0.25) is 0 Å². The van der Waals surface area contributed by atoms with Crippen molar-refractivity contribution < 1.29 is 12.6 Å². The zero-order valence-electron chi connectivity index (χ0n) is 10.1. The van der Waals surface area contributed by atoms with Crippen molar-refractivity contribution in [3.05, 3.63) is 11.4 Å². The van der Waals surface area contributed by atoms with Gasteiger partial charge in [-0.25, -0.2) is 13.1 Å². The average Bonchev–Trinajstić information content (AvgIpc) is 2.58. The van der Waals surface area contributed by atoms with Crippen LogP contribution in [0.3, 0.4) is 0 Å². The van der Waals surface area contributed by atoms with Gasteiger partial charge in [-0.1, -0.05) is 6.92 Å². The zero-order chi connectivity index (χ0) is 13.1. The van der Waals surface area contributed by atoms with Crippen molar-refractivity contribution >= 4 is 20.8 Å². The average molecular weight is 279 g/mol. The van der Waals surface area contributed by atoms with E-state index in [-0.39, 0.29) is 11.4 Å². The Bertz CT molecular complexity index is 488. The third-order valence-electron chi connectivity index (χ3n) is 2.27. The first-order valence-corrected chi connectivity index (χ1v) is 8.21. The Morgan fingerprint density at radius 1 is 1.41 bits per heavy atom. The lowest BCUT2D eigenvalue weighted by atomic mass is 10.4. The Balaban J connectivity index is 2.73. The smallest absolute Gasteiger partial charge is 0.244 e. The van der Waals surface area contributed by atoms with Gasteiger partial charge in [-0.05, 0) is 13.8 Å². The molecule has 1 heterocycles. The molecule has 0 saturated carbocycles. The van der Waals surface area contributed by atoms with Gasteiger partial charge in [0.25, 0.3) is 0 Å². The molecule has 0 spiro atoms. The largest absolute Gasteiger partial charge is 0.281 e. The number of aromatic amines is 1. The second-order valence-corrected chi connectivity index (χ2v) is 7.16. The molecule has 0 amide bonds. The summed E-state index contributed by atoms with van der Waals surface area (Å²) in [6.45, 7) is 5.25. The molecule has 1 atom stereocenters. The highest BCUT2D eigenvalue weighted by Crippen LogP contribution is 2.15. The van der Waals surface area contributed by atoms with Gasteiger partial charge in [0, 0.05) is 28.9 Å². The Morgan fingerprint density at radius 3 is 2.53 bits per heavy atom. The van der Waals surface area contributed by atoms with Crippen LogP contribution in [0.5, 0.6) is 0 Å². The second-order valence-electron chi connectivity index (χ2n) is 3.59. The molecule has 8 heteroatoms. The van der Waals surface area contributed by atoms with Gasteiger partial charge in [0.2, 0.25) is 10.0 Å². The monoisotopic (exact) mass is 279 g/mol. The number of H-pyrrole nitrogens is 1. The molecule has 0 fully saturated rings. The van der Waals surface area contributed by atoms with E-state index in [1.807, 2.05) is 0 Å². The summed E-state index contributed by atoms with van der Waals surface area (Å²) in [4.78, 5) is 0.180. The van der Waals surface area contributed by atoms with Crippen LogP contribution < -0.4 is 4.72 Å². The minimum absolute atomic E-state index is 0.173. The number of hydrogen-bond acceptors (Lipinski definition) is 4. The Labute approximate surface area is 104 Å². The van der Waals surface area contributed by atoms with Crippen molar-refractivity contribution in [1.29, 1.82) is 0 Å². The van der Waals surface area contributed by atoms with Gasteiger partial charge in [-0.2, -0.15) is 5.10 Å². The van der Waals surface area contributed by atoms with Gasteiger partial charge in [0.1, 0.15) is 4.90 Å². The summed E-state index contributed by atoms with van der Waals surface area (Å²) in [6, 6.07) is 0. The van der Waals surface area contributed by atoms with E-state index in [4.69, 9.17) is 0 Å². The minimum atomic E-state index is -3.56. The summed E-state index contributed by atoms with van der Waals surface area (Å²) in [5.74, 6) is 0.858. The number of rotatable bonds is 6. The molecule has 0 aliphatic heterocycles. The molecule has 1 unspecified atom stereocenters. The third kappa shape index (κ3) is 3.62. The van der Waals surface area contributed by atoms with Crippen LogP contribution in [0.15, 0.2) is 4.90 Å². The van der Waals surface area contributed by atoms with Gasteiger partial charge in [-0.15, -0.1) is 0 Å². The molecule has 0 saturated heterocycles. The highest BCUT2D eigenvalue weighted by Gasteiger charge is 2.21. The fourth-order valence-electron chi connectivity index (χ4n) is 1.44. The Kier molecular flexibility index (Phi) is 4.84. The fraction of sp³-hybridized carbons (Fsp3) is 0.667. The van der Waals surface area contributed by atoms with Crippen LogP contribution in [0.25, 0.3) is 0 Å². The van der Waals surface area contributed by atoms with Gasteiger partial charge in [0.05, 0.1) is 11.4 Å².